The van der Waals surface area contributed by atoms with E-state index in [4.69, 9.17) is 23.7 Å². The van der Waals surface area contributed by atoms with Gasteiger partial charge in [-0.05, 0) is 27.7 Å². The van der Waals surface area contributed by atoms with Crippen molar-refractivity contribution in [3.8, 4) is 0 Å². The lowest BCUT2D eigenvalue weighted by Gasteiger charge is -2.37. The number of ether oxygens (including phenoxy) is 5. The Bertz CT molecular complexity index is 418. The first-order valence-electron chi connectivity index (χ1n) is 6.26. The van der Waals surface area contributed by atoms with Gasteiger partial charge in [0.2, 0.25) is 0 Å². The molecule has 0 radical (unpaired) electrons. The Morgan fingerprint density at radius 2 is 1.79 bits per heavy atom. The predicted molar refractivity (Wildman–Crippen MR) is 60.2 cm³/mol. The molecule has 7 nitrogen and oxygen atoms in total. The molecular weight excluding hydrogens is 256 g/mol. The summed E-state index contributed by atoms with van der Waals surface area (Å²) in [7, 11) is 0. The van der Waals surface area contributed by atoms with E-state index in [1.165, 1.54) is 0 Å². The van der Waals surface area contributed by atoms with E-state index in [2.05, 4.69) is 0 Å². The summed E-state index contributed by atoms with van der Waals surface area (Å²) in [6.45, 7) is 6.93. The zero-order chi connectivity index (χ0) is 14.1. The van der Waals surface area contributed by atoms with Crippen LogP contribution in [-0.2, 0) is 28.5 Å². The Morgan fingerprint density at radius 3 is 2.42 bits per heavy atom. The van der Waals surface area contributed by atoms with Crippen LogP contribution < -0.4 is 0 Å². The number of carboxylic acids is 1. The summed E-state index contributed by atoms with van der Waals surface area (Å²) >= 11 is 0. The van der Waals surface area contributed by atoms with Crippen molar-refractivity contribution < 1.29 is 33.6 Å². The fraction of sp³-hybridized carbons (Fsp3) is 0.917. The lowest BCUT2D eigenvalue weighted by Crippen LogP contribution is -2.62. The molecule has 0 bridgehead atoms. The van der Waals surface area contributed by atoms with Crippen LogP contribution in [-0.4, -0.2) is 53.4 Å². The lowest BCUT2D eigenvalue weighted by atomic mass is 9.97. The zero-order valence-corrected chi connectivity index (χ0v) is 11.3. The fourth-order valence-electron chi connectivity index (χ4n) is 2.91. The van der Waals surface area contributed by atoms with Gasteiger partial charge in [0.15, 0.2) is 17.7 Å². The number of hydrogen-bond acceptors (Lipinski definition) is 6. The molecule has 0 unspecified atom stereocenters. The molecule has 0 saturated carbocycles. The number of fused-ring (bicyclic) bond motifs is 3. The van der Waals surface area contributed by atoms with Crippen LogP contribution in [0.15, 0.2) is 0 Å². The maximum atomic E-state index is 11.6. The third-order valence-electron chi connectivity index (χ3n) is 3.46. The van der Waals surface area contributed by atoms with Crippen molar-refractivity contribution in [2.45, 2.75) is 63.4 Å². The van der Waals surface area contributed by atoms with Gasteiger partial charge in [-0.15, -0.1) is 0 Å². The number of rotatable bonds is 1. The van der Waals surface area contributed by atoms with E-state index in [1.807, 2.05) is 0 Å². The molecule has 3 fully saturated rings. The van der Waals surface area contributed by atoms with Gasteiger partial charge >= 0.3 is 11.8 Å². The van der Waals surface area contributed by atoms with Crippen molar-refractivity contribution in [3.05, 3.63) is 0 Å². The van der Waals surface area contributed by atoms with Crippen LogP contribution in [0.3, 0.4) is 0 Å². The quantitative estimate of drug-likeness (QED) is 0.744. The molecule has 0 aromatic carbocycles. The molecule has 7 heteroatoms. The molecule has 19 heavy (non-hydrogen) atoms. The third kappa shape index (κ3) is 1.88. The van der Waals surface area contributed by atoms with Gasteiger partial charge in [-0.1, -0.05) is 0 Å². The largest absolute Gasteiger partial charge is 0.477 e. The molecule has 0 aromatic rings. The SMILES string of the molecule is CC1(C)O[C@@H]2[C@H](CO[C@]3(C(=O)O)OC(C)(C)O[C@H]23)O1. The molecule has 0 aliphatic carbocycles. The molecule has 0 spiro atoms. The summed E-state index contributed by atoms with van der Waals surface area (Å²) in [5, 5.41) is 9.46. The van der Waals surface area contributed by atoms with Crippen LogP contribution in [0.5, 0.6) is 0 Å². The summed E-state index contributed by atoms with van der Waals surface area (Å²) in [5.41, 5.74) is 0. The first kappa shape index (κ1) is 13.3. The molecule has 1 N–H and O–H groups in total. The van der Waals surface area contributed by atoms with Crippen LogP contribution in [0, 0.1) is 0 Å². The minimum Gasteiger partial charge on any atom is -0.477 e. The molecule has 3 aliphatic rings. The first-order valence-corrected chi connectivity index (χ1v) is 6.26. The van der Waals surface area contributed by atoms with Crippen molar-refractivity contribution in [2.75, 3.05) is 6.61 Å². The van der Waals surface area contributed by atoms with Gasteiger partial charge in [-0.3, -0.25) is 0 Å². The van der Waals surface area contributed by atoms with E-state index in [0.29, 0.717) is 0 Å². The second-order valence-corrected chi connectivity index (χ2v) is 5.96. The summed E-state index contributed by atoms with van der Waals surface area (Å²) < 4.78 is 28.1. The summed E-state index contributed by atoms with van der Waals surface area (Å²) in [5.74, 6) is -4.87. The Balaban J connectivity index is 1.96. The van der Waals surface area contributed by atoms with E-state index >= 15 is 0 Å². The number of hydrogen-bond donors (Lipinski definition) is 1. The normalized spacial score (nSPS) is 46.6. The average molecular weight is 274 g/mol. The number of carbonyl (C=O) groups is 1. The van der Waals surface area contributed by atoms with E-state index in [1.54, 1.807) is 27.7 Å². The maximum Gasteiger partial charge on any atom is 0.367 e. The molecular formula is C12H18O7. The Labute approximate surface area is 110 Å². The predicted octanol–water partition coefficient (Wildman–Crippen LogP) is 0.469. The second kappa shape index (κ2) is 3.67. The first-order chi connectivity index (χ1) is 8.65. The smallest absolute Gasteiger partial charge is 0.367 e. The Kier molecular flexibility index (Phi) is 2.57. The van der Waals surface area contributed by atoms with Crippen molar-refractivity contribution >= 4 is 5.97 Å². The van der Waals surface area contributed by atoms with Crippen LogP contribution in [0.25, 0.3) is 0 Å². The highest BCUT2D eigenvalue weighted by Gasteiger charge is 2.69. The van der Waals surface area contributed by atoms with E-state index in [-0.39, 0.29) is 12.7 Å². The molecule has 3 saturated heterocycles. The van der Waals surface area contributed by atoms with Gasteiger partial charge in [0, 0.05) is 0 Å². The van der Waals surface area contributed by atoms with Gasteiger partial charge in [-0.25, -0.2) is 4.79 Å². The second-order valence-electron chi connectivity index (χ2n) is 5.96. The standard InChI is InChI=1S/C12H18O7/c1-10(2)16-6-5-15-12(9(13)14)8(7(6)17-10)18-11(3,4)19-12/h6-8H,5H2,1-4H3,(H,13,14)/t6-,7+,8+,12-/m0/s1. The zero-order valence-electron chi connectivity index (χ0n) is 11.3. The third-order valence-corrected chi connectivity index (χ3v) is 3.46. The van der Waals surface area contributed by atoms with Gasteiger partial charge in [0.25, 0.3) is 0 Å². The van der Waals surface area contributed by atoms with Crippen molar-refractivity contribution in [2.24, 2.45) is 0 Å². The molecule has 3 heterocycles. The molecule has 4 atom stereocenters. The highest BCUT2D eigenvalue weighted by Crippen LogP contribution is 2.47. The lowest BCUT2D eigenvalue weighted by molar-refractivity contribution is -0.277. The van der Waals surface area contributed by atoms with Crippen LogP contribution in [0.4, 0.5) is 0 Å². The minimum atomic E-state index is -1.82. The topological polar surface area (TPSA) is 83.5 Å². The Hall–Kier alpha value is -0.730. The average Bonchev–Trinajstić information content (AvgIpc) is 2.70. The van der Waals surface area contributed by atoms with Gasteiger partial charge in [-0.2, -0.15) is 0 Å². The molecule has 3 rings (SSSR count). The fourth-order valence-corrected chi connectivity index (χ4v) is 2.91. The number of aliphatic carboxylic acids is 1. The van der Waals surface area contributed by atoms with E-state index in [0.717, 1.165) is 0 Å². The van der Waals surface area contributed by atoms with Crippen molar-refractivity contribution in [1.82, 2.24) is 0 Å². The van der Waals surface area contributed by atoms with Gasteiger partial charge in [0.1, 0.15) is 12.2 Å². The van der Waals surface area contributed by atoms with E-state index in [9.17, 15) is 9.90 Å². The Morgan fingerprint density at radius 1 is 1.11 bits per heavy atom. The monoisotopic (exact) mass is 274 g/mol. The van der Waals surface area contributed by atoms with Crippen LogP contribution in [0.1, 0.15) is 27.7 Å². The highest BCUT2D eigenvalue weighted by atomic mass is 16.9. The van der Waals surface area contributed by atoms with Crippen LogP contribution in [0.2, 0.25) is 0 Å². The van der Waals surface area contributed by atoms with Crippen molar-refractivity contribution in [1.29, 1.82) is 0 Å². The summed E-state index contributed by atoms with van der Waals surface area (Å²) in [4.78, 5) is 11.6. The molecule has 0 amide bonds. The van der Waals surface area contributed by atoms with Crippen LogP contribution >= 0.6 is 0 Å². The van der Waals surface area contributed by atoms with Gasteiger partial charge < -0.3 is 28.8 Å². The number of carboxylic acid groups (broad SMARTS) is 1. The molecule has 0 aromatic heterocycles. The maximum absolute atomic E-state index is 11.6. The van der Waals surface area contributed by atoms with E-state index < -0.39 is 35.5 Å². The van der Waals surface area contributed by atoms with Gasteiger partial charge in [0.05, 0.1) is 6.61 Å². The van der Waals surface area contributed by atoms with Crippen molar-refractivity contribution in [3.63, 3.8) is 0 Å². The molecule has 108 valence electrons. The summed E-state index contributed by atoms with van der Waals surface area (Å²) in [6.07, 6.45) is -1.74. The summed E-state index contributed by atoms with van der Waals surface area (Å²) in [6, 6.07) is 0. The minimum absolute atomic E-state index is 0.0936. The molecule has 3 aliphatic heterocycles. The highest BCUT2D eigenvalue weighted by molar-refractivity contribution is 5.77.